The Hall–Kier alpha value is -2.62. The Morgan fingerprint density at radius 1 is 1.23 bits per heavy atom. The second-order valence-electron chi connectivity index (χ2n) is 6.57. The van der Waals surface area contributed by atoms with E-state index in [9.17, 15) is 4.39 Å². The molecule has 3 rings (SSSR count). The van der Waals surface area contributed by atoms with Crippen molar-refractivity contribution in [3.63, 3.8) is 0 Å². The molecular formula is C16H19FN6O2S. The van der Waals surface area contributed by atoms with E-state index in [-0.39, 0.29) is 17.8 Å². The zero-order chi connectivity index (χ0) is 18.7. The van der Waals surface area contributed by atoms with Crippen molar-refractivity contribution in [2.24, 2.45) is 0 Å². The molecule has 0 radical (unpaired) electrons. The number of hydrogen-bond acceptors (Lipinski definition) is 8. The highest BCUT2D eigenvalue weighted by molar-refractivity contribution is 7.98. The van der Waals surface area contributed by atoms with Crippen LogP contribution in [-0.2, 0) is 17.8 Å². The third-order valence-corrected chi connectivity index (χ3v) is 4.30. The highest BCUT2D eigenvalue weighted by atomic mass is 32.2. The maximum Gasteiger partial charge on any atom is 0.232 e. The molecule has 0 fully saturated rings. The van der Waals surface area contributed by atoms with E-state index in [1.54, 1.807) is 0 Å². The number of hydrogen-bond donors (Lipinski definition) is 1. The van der Waals surface area contributed by atoms with Gasteiger partial charge in [-0.3, -0.25) is 0 Å². The Bertz CT molecular complexity index is 872. The molecule has 0 aliphatic rings. The average Bonchev–Trinajstić information content (AvgIpc) is 3.20. The molecule has 0 saturated heterocycles. The maximum atomic E-state index is 12.9. The summed E-state index contributed by atoms with van der Waals surface area (Å²) in [5.74, 6) is 8.23. The standard InChI is InChI=1S/C16H19FN6O2S/c1-16(2,3)14-19-12(22-25-14)9-26-15-21-20-13(23(15)18)8-24-11-6-4-10(17)5-7-11/h4-7H,8-9,18H2,1-3H3. The van der Waals surface area contributed by atoms with E-state index in [1.807, 2.05) is 20.8 Å². The average molecular weight is 378 g/mol. The fourth-order valence-electron chi connectivity index (χ4n) is 1.93. The van der Waals surface area contributed by atoms with Gasteiger partial charge in [-0.1, -0.05) is 37.7 Å². The second-order valence-corrected chi connectivity index (χ2v) is 7.51. The Labute approximate surface area is 153 Å². The molecule has 0 atom stereocenters. The molecule has 0 saturated carbocycles. The van der Waals surface area contributed by atoms with Crippen LogP contribution in [0.2, 0.25) is 0 Å². The summed E-state index contributed by atoms with van der Waals surface area (Å²) in [4.78, 5) is 4.36. The van der Waals surface area contributed by atoms with Gasteiger partial charge in [-0.05, 0) is 24.3 Å². The van der Waals surface area contributed by atoms with Gasteiger partial charge in [0.15, 0.2) is 11.6 Å². The molecule has 26 heavy (non-hydrogen) atoms. The lowest BCUT2D eigenvalue weighted by Gasteiger charge is -2.10. The quantitative estimate of drug-likeness (QED) is 0.516. The summed E-state index contributed by atoms with van der Waals surface area (Å²) < 4.78 is 25.0. The summed E-state index contributed by atoms with van der Waals surface area (Å²) in [6.07, 6.45) is 0. The highest BCUT2D eigenvalue weighted by Crippen LogP contribution is 2.23. The molecule has 0 unspecified atom stereocenters. The van der Waals surface area contributed by atoms with Crippen LogP contribution in [0.5, 0.6) is 5.75 Å². The number of ether oxygens (including phenoxy) is 1. The normalized spacial score (nSPS) is 11.7. The third-order valence-electron chi connectivity index (χ3n) is 3.36. The molecule has 138 valence electrons. The molecule has 2 N–H and O–H groups in total. The van der Waals surface area contributed by atoms with Crippen molar-refractivity contribution >= 4 is 11.8 Å². The van der Waals surface area contributed by atoms with E-state index in [4.69, 9.17) is 15.1 Å². The van der Waals surface area contributed by atoms with Gasteiger partial charge in [0.2, 0.25) is 11.0 Å². The van der Waals surface area contributed by atoms with Crippen LogP contribution in [0.1, 0.15) is 38.3 Å². The summed E-state index contributed by atoms with van der Waals surface area (Å²) >= 11 is 1.34. The zero-order valence-electron chi connectivity index (χ0n) is 14.6. The molecule has 8 nitrogen and oxygen atoms in total. The number of aromatic nitrogens is 5. The van der Waals surface area contributed by atoms with Gasteiger partial charge < -0.3 is 15.1 Å². The van der Waals surface area contributed by atoms with Crippen LogP contribution in [-0.4, -0.2) is 25.0 Å². The van der Waals surface area contributed by atoms with Crippen molar-refractivity contribution < 1.29 is 13.7 Å². The molecule has 0 aliphatic carbocycles. The van der Waals surface area contributed by atoms with Gasteiger partial charge in [0, 0.05) is 5.41 Å². The molecule has 3 aromatic rings. The second kappa shape index (κ2) is 7.32. The smallest absolute Gasteiger partial charge is 0.232 e. The van der Waals surface area contributed by atoms with E-state index < -0.39 is 0 Å². The summed E-state index contributed by atoms with van der Waals surface area (Å²) in [6, 6.07) is 5.71. The van der Waals surface area contributed by atoms with Gasteiger partial charge in [0.05, 0.1) is 5.75 Å². The molecule has 2 aromatic heterocycles. The highest BCUT2D eigenvalue weighted by Gasteiger charge is 2.22. The van der Waals surface area contributed by atoms with E-state index in [0.717, 1.165) is 0 Å². The fraction of sp³-hybridized carbons (Fsp3) is 0.375. The Balaban J connectivity index is 1.58. The molecule has 0 amide bonds. The number of nitrogens with two attached hydrogens (primary N) is 1. The van der Waals surface area contributed by atoms with Crippen molar-refractivity contribution in [1.29, 1.82) is 0 Å². The molecule has 0 spiro atoms. The minimum atomic E-state index is -0.325. The molecule has 0 aliphatic heterocycles. The number of benzene rings is 1. The molecule has 1 aromatic carbocycles. The van der Waals surface area contributed by atoms with Crippen LogP contribution in [0.15, 0.2) is 33.9 Å². The Kier molecular flexibility index (Phi) is 5.12. The molecular weight excluding hydrogens is 359 g/mol. The summed E-state index contributed by atoms with van der Waals surface area (Å²) in [5, 5.41) is 12.5. The van der Waals surface area contributed by atoms with E-state index in [0.29, 0.717) is 34.2 Å². The Morgan fingerprint density at radius 3 is 2.62 bits per heavy atom. The number of halogens is 1. The predicted molar refractivity (Wildman–Crippen MR) is 93.5 cm³/mol. The van der Waals surface area contributed by atoms with Crippen LogP contribution in [0, 0.1) is 5.82 Å². The largest absolute Gasteiger partial charge is 0.486 e. The number of thioether (sulfide) groups is 1. The van der Waals surface area contributed by atoms with Crippen molar-refractivity contribution in [1.82, 2.24) is 25.0 Å². The number of rotatable bonds is 6. The van der Waals surface area contributed by atoms with Crippen LogP contribution in [0.25, 0.3) is 0 Å². The molecule has 10 heteroatoms. The fourth-order valence-corrected chi connectivity index (χ4v) is 2.65. The minimum Gasteiger partial charge on any atom is -0.486 e. The topological polar surface area (TPSA) is 105 Å². The van der Waals surface area contributed by atoms with Gasteiger partial charge in [-0.25, -0.2) is 9.07 Å². The predicted octanol–water partition coefficient (Wildman–Crippen LogP) is 2.68. The van der Waals surface area contributed by atoms with Gasteiger partial charge in [-0.2, -0.15) is 4.98 Å². The molecule has 0 bridgehead atoms. The summed E-state index contributed by atoms with van der Waals surface area (Å²) in [5.41, 5.74) is -0.200. The first-order valence-corrected chi connectivity index (χ1v) is 8.85. The maximum absolute atomic E-state index is 12.9. The van der Waals surface area contributed by atoms with E-state index >= 15 is 0 Å². The number of nitrogen functional groups attached to an aromatic ring is 1. The van der Waals surface area contributed by atoms with Crippen molar-refractivity contribution in [2.75, 3.05) is 5.84 Å². The lowest BCUT2D eigenvalue weighted by molar-refractivity contribution is 0.291. The van der Waals surface area contributed by atoms with Crippen molar-refractivity contribution in [3.8, 4) is 5.75 Å². The number of nitrogens with zero attached hydrogens (tertiary/aromatic N) is 5. The van der Waals surface area contributed by atoms with Gasteiger partial charge in [0.1, 0.15) is 18.2 Å². The van der Waals surface area contributed by atoms with Gasteiger partial charge in [0.25, 0.3) is 0 Å². The zero-order valence-corrected chi connectivity index (χ0v) is 15.5. The van der Waals surface area contributed by atoms with Crippen LogP contribution < -0.4 is 10.6 Å². The lowest BCUT2D eigenvalue weighted by atomic mass is 9.97. The summed E-state index contributed by atoms with van der Waals surface area (Å²) in [7, 11) is 0. The molecule has 2 heterocycles. The van der Waals surface area contributed by atoms with Gasteiger partial charge in [-0.15, -0.1) is 10.2 Å². The monoisotopic (exact) mass is 378 g/mol. The first-order chi connectivity index (χ1) is 12.3. The van der Waals surface area contributed by atoms with Crippen molar-refractivity contribution in [3.05, 3.63) is 47.6 Å². The van der Waals surface area contributed by atoms with Crippen LogP contribution >= 0.6 is 11.8 Å². The Morgan fingerprint density at radius 2 is 1.96 bits per heavy atom. The van der Waals surface area contributed by atoms with E-state index in [1.165, 1.54) is 40.7 Å². The van der Waals surface area contributed by atoms with Crippen molar-refractivity contribution in [2.45, 2.75) is 43.7 Å². The lowest BCUT2D eigenvalue weighted by Crippen LogP contribution is -2.15. The van der Waals surface area contributed by atoms with Crippen LogP contribution in [0.3, 0.4) is 0 Å². The van der Waals surface area contributed by atoms with Crippen LogP contribution in [0.4, 0.5) is 4.39 Å². The van der Waals surface area contributed by atoms with Gasteiger partial charge >= 0.3 is 0 Å². The SMILES string of the molecule is CC(C)(C)c1nc(CSc2nnc(COc3ccc(F)cc3)n2N)no1. The first kappa shape index (κ1) is 18.2. The first-order valence-electron chi connectivity index (χ1n) is 7.86. The summed E-state index contributed by atoms with van der Waals surface area (Å²) in [6.45, 7) is 6.12. The van der Waals surface area contributed by atoms with E-state index in [2.05, 4.69) is 20.3 Å². The third kappa shape index (κ3) is 4.31. The minimum absolute atomic E-state index is 0.117.